The second kappa shape index (κ2) is 4.08. The van der Waals surface area contributed by atoms with E-state index in [1.807, 2.05) is 12.1 Å². The molecular formula is C12H11NO. The van der Waals surface area contributed by atoms with Gasteiger partial charge in [0.05, 0.1) is 25.5 Å². The minimum Gasteiger partial charge on any atom is -0.370 e. The van der Waals surface area contributed by atoms with Gasteiger partial charge in [-0.1, -0.05) is 30.2 Å². The van der Waals surface area contributed by atoms with E-state index < -0.39 is 0 Å². The highest BCUT2D eigenvalue weighted by molar-refractivity contribution is 6.03. The lowest BCUT2D eigenvalue weighted by atomic mass is 10.0. The first-order valence-corrected chi connectivity index (χ1v) is 4.54. The average molecular weight is 185 g/mol. The van der Waals surface area contributed by atoms with Gasteiger partial charge in [-0.25, -0.2) is 0 Å². The molecule has 0 bridgehead atoms. The zero-order valence-corrected chi connectivity index (χ0v) is 7.86. The monoisotopic (exact) mass is 185 g/mol. The Hall–Kier alpha value is -1.59. The molecule has 2 heteroatoms. The van der Waals surface area contributed by atoms with Crippen molar-refractivity contribution in [3.8, 4) is 12.3 Å². The maximum absolute atomic E-state index is 5.41. The van der Waals surface area contributed by atoms with E-state index in [2.05, 4.69) is 23.0 Å². The second-order valence-corrected chi connectivity index (χ2v) is 3.12. The van der Waals surface area contributed by atoms with Gasteiger partial charge in [0, 0.05) is 5.56 Å². The molecule has 0 unspecified atom stereocenters. The molecule has 1 aliphatic heterocycles. The first-order chi connectivity index (χ1) is 6.92. The van der Waals surface area contributed by atoms with Gasteiger partial charge in [-0.05, 0) is 5.56 Å². The molecule has 14 heavy (non-hydrogen) atoms. The van der Waals surface area contributed by atoms with Crippen molar-refractivity contribution in [2.24, 2.45) is 4.99 Å². The van der Waals surface area contributed by atoms with Gasteiger partial charge in [0.2, 0.25) is 0 Å². The average Bonchev–Trinajstić information content (AvgIpc) is 2.26. The highest BCUT2D eigenvalue weighted by Crippen LogP contribution is 2.16. The maximum atomic E-state index is 5.41. The van der Waals surface area contributed by atoms with E-state index >= 15 is 0 Å². The molecule has 0 atom stereocenters. The number of terminal acetylenes is 1. The number of ether oxygens (including phenoxy) is 1. The zero-order chi connectivity index (χ0) is 9.80. The zero-order valence-electron chi connectivity index (χ0n) is 7.86. The first-order valence-electron chi connectivity index (χ1n) is 4.54. The fourth-order valence-electron chi connectivity index (χ4n) is 1.54. The van der Waals surface area contributed by atoms with Gasteiger partial charge < -0.3 is 4.74 Å². The number of fused-ring (bicyclic) bond motifs is 1. The van der Waals surface area contributed by atoms with E-state index in [1.165, 1.54) is 11.1 Å². The summed E-state index contributed by atoms with van der Waals surface area (Å²) in [4.78, 5) is 4.30. The third kappa shape index (κ3) is 1.68. The third-order valence-corrected chi connectivity index (χ3v) is 2.19. The molecule has 0 spiro atoms. The van der Waals surface area contributed by atoms with E-state index in [1.54, 1.807) is 0 Å². The molecule has 0 radical (unpaired) electrons. The van der Waals surface area contributed by atoms with Gasteiger partial charge in [0.25, 0.3) is 0 Å². The molecule has 0 aromatic heterocycles. The lowest BCUT2D eigenvalue weighted by Gasteiger charge is -2.17. The molecule has 0 saturated heterocycles. The number of benzene rings is 1. The Balaban J connectivity index is 2.36. The number of aliphatic imine (C=N–C) groups is 1. The molecule has 2 rings (SSSR count). The predicted molar refractivity (Wildman–Crippen MR) is 56.3 cm³/mol. The van der Waals surface area contributed by atoms with Gasteiger partial charge in [-0.3, -0.25) is 4.99 Å². The molecule has 1 aliphatic rings. The maximum Gasteiger partial charge on any atom is 0.0999 e. The van der Waals surface area contributed by atoms with Crippen LogP contribution in [0.15, 0.2) is 29.3 Å². The standard InChI is InChI=1S/C12H11NO/c1-2-7-13-12-9-14-8-10-5-3-4-6-11(10)12/h1,3-6H,7-9H2/b13-12+. The molecular weight excluding hydrogens is 174 g/mol. The molecule has 1 heterocycles. The van der Waals surface area contributed by atoms with E-state index in [4.69, 9.17) is 11.2 Å². The van der Waals surface area contributed by atoms with Crippen LogP contribution in [0.5, 0.6) is 0 Å². The van der Waals surface area contributed by atoms with Crippen LogP contribution in [0.1, 0.15) is 11.1 Å². The minimum atomic E-state index is 0.424. The smallest absolute Gasteiger partial charge is 0.0999 e. The lowest BCUT2D eigenvalue weighted by Crippen LogP contribution is -2.19. The van der Waals surface area contributed by atoms with Crippen LogP contribution >= 0.6 is 0 Å². The summed E-state index contributed by atoms with van der Waals surface area (Å²) < 4.78 is 5.41. The summed E-state index contributed by atoms with van der Waals surface area (Å²) in [7, 11) is 0. The largest absolute Gasteiger partial charge is 0.370 e. The van der Waals surface area contributed by atoms with E-state index in [-0.39, 0.29) is 0 Å². The summed E-state index contributed by atoms with van der Waals surface area (Å²) in [6.07, 6.45) is 5.17. The van der Waals surface area contributed by atoms with Crippen molar-refractivity contribution in [1.29, 1.82) is 0 Å². The molecule has 1 aromatic carbocycles. The Labute approximate surface area is 83.6 Å². The van der Waals surface area contributed by atoms with E-state index in [9.17, 15) is 0 Å². The Morgan fingerprint density at radius 3 is 3.07 bits per heavy atom. The Morgan fingerprint density at radius 1 is 1.36 bits per heavy atom. The van der Waals surface area contributed by atoms with Crippen molar-refractivity contribution in [3.63, 3.8) is 0 Å². The van der Waals surface area contributed by atoms with E-state index in [0.717, 1.165) is 5.71 Å². The van der Waals surface area contributed by atoms with Crippen molar-refractivity contribution in [2.45, 2.75) is 6.61 Å². The molecule has 0 N–H and O–H groups in total. The summed E-state index contributed by atoms with van der Waals surface area (Å²) in [5.74, 6) is 2.50. The highest BCUT2D eigenvalue weighted by atomic mass is 16.5. The van der Waals surface area contributed by atoms with Gasteiger partial charge in [0.15, 0.2) is 0 Å². The molecule has 0 aliphatic carbocycles. The normalized spacial score (nSPS) is 17.5. The van der Waals surface area contributed by atoms with Crippen LogP contribution in [-0.4, -0.2) is 18.9 Å². The number of hydrogen-bond acceptors (Lipinski definition) is 2. The minimum absolute atomic E-state index is 0.424. The van der Waals surface area contributed by atoms with Gasteiger partial charge in [0.1, 0.15) is 0 Å². The number of nitrogens with zero attached hydrogens (tertiary/aromatic N) is 1. The highest BCUT2D eigenvalue weighted by Gasteiger charge is 2.14. The van der Waals surface area contributed by atoms with Crippen LogP contribution in [0, 0.1) is 12.3 Å². The quantitative estimate of drug-likeness (QED) is 0.609. The summed E-state index contributed by atoms with van der Waals surface area (Å²) >= 11 is 0. The SMILES string of the molecule is C#CC/N=C1\COCc2ccccc21. The van der Waals surface area contributed by atoms with Crippen molar-refractivity contribution in [1.82, 2.24) is 0 Å². The molecule has 1 aromatic rings. The van der Waals surface area contributed by atoms with Crippen LogP contribution in [0.25, 0.3) is 0 Å². The fraction of sp³-hybridized carbons (Fsp3) is 0.250. The fourth-order valence-corrected chi connectivity index (χ4v) is 1.54. The summed E-state index contributed by atoms with van der Waals surface area (Å²) in [6, 6.07) is 8.13. The van der Waals surface area contributed by atoms with Gasteiger partial charge in [-0.2, -0.15) is 0 Å². The van der Waals surface area contributed by atoms with Crippen LogP contribution in [0.2, 0.25) is 0 Å². The summed E-state index contributed by atoms with van der Waals surface area (Å²) in [6.45, 7) is 1.66. The summed E-state index contributed by atoms with van der Waals surface area (Å²) in [5.41, 5.74) is 3.33. The number of hydrogen-bond donors (Lipinski definition) is 0. The van der Waals surface area contributed by atoms with Crippen molar-refractivity contribution < 1.29 is 4.74 Å². The van der Waals surface area contributed by atoms with Crippen molar-refractivity contribution >= 4 is 5.71 Å². The molecule has 0 saturated carbocycles. The van der Waals surface area contributed by atoms with Gasteiger partial charge in [-0.15, -0.1) is 6.42 Å². The molecule has 2 nitrogen and oxygen atoms in total. The molecule has 0 amide bonds. The first kappa shape index (κ1) is 8.98. The molecule has 70 valence electrons. The van der Waals surface area contributed by atoms with Crippen LogP contribution in [0.4, 0.5) is 0 Å². The Kier molecular flexibility index (Phi) is 2.62. The van der Waals surface area contributed by atoms with Crippen molar-refractivity contribution in [2.75, 3.05) is 13.2 Å². The molecule has 0 fully saturated rings. The number of rotatable bonds is 1. The second-order valence-electron chi connectivity index (χ2n) is 3.12. The van der Waals surface area contributed by atoms with E-state index in [0.29, 0.717) is 19.8 Å². The third-order valence-electron chi connectivity index (χ3n) is 2.19. The van der Waals surface area contributed by atoms with Crippen LogP contribution in [-0.2, 0) is 11.3 Å². The topological polar surface area (TPSA) is 21.6 Å². The predicted octanol–water partition coefficient (Wildman–Crippen LogP) is 1.64. The van der Waals surface area contributed by atoms with Crippen molar-refractivity contribution in [3.05, 3.63) is 35.4 Å². The van der Waals surface area contributed by atoms with Crippen LogP contribution < -0.4 is 0 Å². The van der Waals surface area contributed by atoms with Gasteiger partial charge >= 0.3 is 0 Å². The Morgan fingerprint density at radius 2 is 2.21 bits per heavy atom. The Bertz CT molecular complexity index is 401. The summed E-state index contributed by atoms with van der Waals surface area (Å²) in [5, 5.41) is 0. The lowest BCUT2D eigenvalue weighted by molar-refractivity contribution is 0.152. The van der Waals surface area contributed by atoms with Crippen LogP contribution in [0.3, 0.4) is 0 Å².